The van der Waals surface area contributed by atoms with E-state index in [1.54, 1.807) is 6.07 Å². The minimum Gasteiger partial charge on any atom is -0.314 e. The molecule has 2 rings (SSSR count). The maximum atomic E-state index is 12.1. The van der Waals surface area contributed by atoms with Gasteiger partial charge in [0.15, 0.2) is 5.69 Å². The second kappa shape index (κ2) is 7.47. The maximum absolute atomic E-state index is 12.1. The molecular weight excluding hydrogens is 290 g/mol. The lowest BCUT2D eigenvalue weighted by atomic mass is 10.3. The normalized spacial score (nSPS) is 16.5. The molecule has 1 aliphatic heterocycles. The first-order valence-electron chi connectivity index (χ1n) is 6.91. The van der Waals surface area contributed by atoms with Gasteiger partial charge in [-0.3, -0.25) is 0 Å². The summed E-state index contributed by atoms with van der Waals surface area (Å²) in [6.45, 7) is 5.16. The summed E-state index contributed by atoms with van der Waals surface area (Å²) < 4.78 is 26.8. The van der Waals surface area contributed by atoms with E-state index in [4.69, 9.17) is 5.26 Å². The lowest BCUT2D eigenvalue weighted by Gasteiger charge is -2.27. The van der Waals surface area contributed by atoms with E-state index in [1.165, 1.54) is 18.3 Å². The van der Waals surface area contributed by atoms with Gasteiger partial charge in [-0.05, 0) is 25.1 Å². The highest BCUT2D eigenvalue weighted by molar-refractivity contribution is 7.89. The van der Waals surface area contributed by atoms with E-state index in [0.29, 0.717) is 6.54 Å². The number of nitriles is 1. The Morgan fingerprint density at radius 3 is 2.90 bits per heavy atom. The summed E-state index contributed by atoms with van der Waals surface area (Å²) in [6.07, 6.45) is 2.14. The van der Waals surface area contributed by atoms with Crippen LogP contribution in [0.15, 0.2) is 23.2 Å². The molecule has 0 saturated carbocycles. The molecule has 0 atom stereocenters. The molecule has 21 heavy (non-hydrogen) atoms. The monoisotopic (exact) mass is 309 g/mol. The van der Waals surface area contributed by atoms with Crippen LogP contribution in [-0.4, -0.2) is 57.6 Å². The van der Waals surface area contributed by atoms with E-state index in [9.17, 15) is 8.42 Å². The molecule has 2 heterocycles. The first-order valence-corrected chi connectivity index (χ1v) is 8.39. The third-order valence-corrected chi connectivity index (χ3v) is 4.81. The van der Waals surface area contributed by atoms with Gasteiger partial charge in [0.25, 0.3) is 0 Å². The summed E-state index contributed by atoms with van der Waals surface area (Å²) >= 11 is 0. The number of rotatable bonds is 6. The van der Waals surface area contributed by atoms with Crippen molar-refractivity contribution in [1.29, 1.82) is 5.26 Å². The second-order valence-electron chi connectivity index (χ2n) is 4.80. The Morgan fingerprint density at radius 1 is 1.43 bits per heavy atom. The standard InChI is InChI=1S/C13H19N5O2S/c14-11-12-13(3-1-4-16-12)21(19,20)17-5-2-8-18-9-6-15-7-10-18/h1,3-4,15,17H,2,5-10H2. The Labute approximate surface area is 125 Å². The SMILES string of the molecule is N#Cc1ncccc1S(=O)(=O)NCCCN1CCNCC1. The Kier molecular flexibility index (Phi) is 5.64. The lowest BCUT2D eigenvalue weighted by Crippen LogP contribution is -2.44. The molecule has 0 aliphatic carbocycles. The minimum atomic E-state index is -3.67. The van der Waals surface area contributed by atoms with Gasteiger partial charge in [0.05, 0.1) is 0 Å². The Hall–Kier alpha value is -1.53. The number of pyridine rings is 1. The molecule has 0 bridgehead atoms. The maximum Gasteiger partial charge on any atom is 0.243 e. The van der Waals surface area contributed by atoms with E-state index >= 15 is 0 Å². The van der Waals surface area contributed by atoms with E-state index < -0.39 is 10.0 Å². The molecule has 0 amide bonds. The van der Waals surface area contributed by atoms with E-state index in [2.05, 4.69) is 19.9 Å². The van der Waals surface area contributed by atoms with Crippen molar-refractivity contribution in [1.82, 2.24) is 19.9 Å². The smallest absolute Gasteiger partial charge is 0.243 e. The molecule has 1 saturated heterocycles. The fourth-order valence-electron chi connectivity index (χ4n) is 2.21. The highest BCUT2D eigenvalue weighted by Gasteiger charge is 2.18. The number of piperazine rings is 1. The largest absolute Gasteiger partial charge is 0.314 e. The van der Waals surface area contributed by atoms with Crippen molar-refractivity contribution in [2.75, 3.05) is 39.3 Å². The van der Waals surface area contributed by atoms with Gasteiger partial charge < -0.3 is 10.2 Å². The van der Waals surface area contributed by atoms with Gasteiger partial charge in [0.1, 0.15) is 11.0 Å². The number of hydrogen-bond donors (Lipinski definition) is 2. The highest BCUT2D eigenvalue weighted by Crippen LogP contribution is 2.11. The Morgan fingerprint density at radius 2 is 2.19 bits per heavy atom. The van der Waals surface area contributed by atoms with Crippen LogP contribution in [0.25, 0.3) is 0 Å². The summed E-state index contributed by atoms with van der Waals surface area (Å²) in [6, 6.07) is 4.70. The number of nitrogens with one attached hydrogen (secondary N) is 2. The predicted octanol–water partition coefficient (Wildman–Crippen LogP) is -0.473. The van der Waals surface area contributed by atoms with Gasteiger partial charge in [-0.2, -0.15) is 5.26 Å². The molecule has 7 nitrogen and oxygen atoms in total. The second-order valence-corrected chi connectivity index (χ2v) is 6.54. The summed E-state index contributed by atoms with van der Waals surface area (Å²) in [7, 11) is -3.67. The average molecular weight is 309 g/mol. The van der Waals surface area contributed by atoms with Crippen LogP contribution >= 0.6 is 0 Å². The van der Waals surface area contributed by atoms with E-state index in [-0.39, 0.29) is 10.6 Å². The van der Waals surface area contributed by atoms with Crippen LogP contribution in [0.1, 0.15) is 12.1 Å². The third-order valence-electron chi connectivity index (χ3n) is 3.32. The van der Waals surface area contributed by atoms with Crippen molar-refractivity contribution >= 4 is 10.0 Å². The van der Waals surface area contributed by atoms with Crippen molar-refractivity contribution in [3.05, 3.63) is 24.0 Å². The minimum absolute atomic E-state index is 0.0605. The van der Waals surface area contributed by atoms with Crippen LogP contribution in [0.3, 0.4) is 0 Å². The third kappa shape index (κ3) is 4.47. The molecular formula is C13H19N5O2S. The van der Waals surface area contributed by atoms with E-state index in [0.717, 1.165) is 39.1 Å². The molecule has 0 radical (unpaired) electrons. The molecule has 2 N–H and O–H groups in total. The fourth-order valence-corrected chi connectivity index (χ4v) is 3.39. The van der Waals surface area contributed by atoms with Gasteiger partial charge in [0, 0.05) is 38.9 Å². The van der Waals surface area contributed by atoms with Crippen molar-refractivity contribution in [2.24, 2.45) is 0 Å². The zero-order valence-electron chi connectivity index (χ0n) is 11.7. The number of sulfonamides is 1. The van der Waals surface area contributed by atoms with Crippen LogP contribution < -0.4 is 10.0 Å². The summed E-state index contributed by atoms with van der Waals surface area (Å²) in [4.78, 5) is 6.01. The average Bonchev–Trinajstić information content (AvgIpc) is 2.52. The molecule has 1 aromatic heterocycles. The van der Waals surface area contributed by atoms with Crippen LogP contribution in [0.2, 0.25) is 0 Å². The first-order chi connectivity index (χ1) is 10.1. The van der Waals surface area contributed by atoms with Crippen LogP contribution in [0, 0.1) is 11.3 Å². The number of hydrogen-bond acceptors (Lipinski definition) is 6. The molecule has 0 aromatic carbocycles. The molecule has 1 aliphatic rings. The van der Waals surface area contributed by atoms with Gasteiger partial charge in [-0.1, -0.05) is 0 Å². The van der Waals surface area contributed by atoms with Gasteiger partial charge in [-0.25, -0.2) is 18.1 Å². The molecule has 0 spiro atoms. The zero-order valence-corrected chi connectivity index (χ0v) is 12.6. The van der Waals surface area contributed by atoms with Crippen LogP contribution in [0.4, 0.5) is 0 Å². The zero-order chi connectivity index (χ0) is 15.1. The highest BCUT2D eigenvalue weighted by atomic mass is 32.2. The van der Waals surface area contributed by atoms with E-state index in [1.807, 2.05) is 0 Å². The van der Waals surface area contributed by atoms with Gasteiger partial charge >= 0.3 is 0 Å². The molecule has 114 valence electrons. The number of nitrogens with zero attached hydrogens (tertiary/aromatic N) is 3. The quantitative estimate of drug-likeness (QED) is 0.689. The van der Waals surface area contributed by atoms with Crippen LogP contribution in [-0.2, 0) is 10.0 Å². The number of aromatic nitrogens is 1. The molecule has 8 heteroatoms. The topological polar surface area (TPSA) is 98.1 Å². The molecule has 0 unspecified atom stereocenters. The van der Waals surface area contributed by atoms with Gasteiger partial charge in [-0.15, -0.1) is 0 Å². The lowest BCUT2D eigenvalue weighted by molar-refractivity contribution is 0.239. The van der Waals surface area contributed by atoms with Crippen molar-refractivity contribution in [2.45, 2.75) is 11.3 Å². The van der Waals surface area contributed by atoms with Crippen molar-refractivity contribution in [3.63, 3.8) is 0 Å². The summed E-state index contributed by atoms with van der Waals surface area (Å²) in [5, 5.41) is 12.2. The Balaban J connectivity index is 1.85. The van der Waals surface area contributed by atoms with Gasteiger partial charge in [0.2, 0.25) is 10.0 Å². The summed E-state index contributed by atoms with van der Waals surface area (Å²) in [5.74, 6) is 0. The Bertz CT molecular complexity index is 605. The summed E-state index contributed by atoms with van der Waals surface area (Å²) in [5.41, 5.74) is -0.0768. The van der Waals surface area contributed by atoms with Crippen molar-refractivity contribution in [3.8, 4) is 6.07 Å². The fraction of sp³-hybridized carbons (Fsp3) is 0.538. The van der Waals surface area contributed by atoms with Crippen LogP contribution in [0.5, 0.6) is 0 Å². The first kappa shape index (κ1) is 15.9. The molecule has 1 aromatic rings. The van der Waals surface area contributed by atoms with Crippen molar-refractivity contribution < 1.29 is 8.42 Å². The molecule has 1 fully saturated rings. The predicted molar refractivity (Wildman–Crippen MR) is 78.1 cm³/mol.